The van der Waals surface area contributed by atoms with Crippen molar-refractivity contribution in [2.75, 3.05) is 41.9 Å². The number of likely N-dealkylation sites (N-methyl/N-ethyl adjacent to an activating group) is 1. The van der Waals surface area contributed by atoms with Crippen molar-refractivity contribution in [2.45, 2.75) is 18.8 Å². The number of benzene rings is 1. The van der Waals surface area contributed by atoms with Gasteiger partial charge in [0, 0.05) is 19.0 Å². The number of hydrogen-bond acceptors (Lipinski definition) is 6. The third-order valence-corrected chi connectivity index (χ3v) is 5.20. The number of thiazole rings is 1. The average molecular weight is 446 g/mol. The highest BCUT2D eigenvalue weighted by Gasteiger charge is 2.33. The van der Waals surface area contributed by atoms with Crippen molar-refractivity contribution >= 4 is 17.3 Å². The maximum atomic E-state index is 12.7. The van der Waals surface area contributed by atoms with Gasteiger partial charge in [-0.1, -0.05) is 6.07 Å². The minimum atomic E-state index is -4.44. The van der Waals surface area contributed by atoms with Crippen molar-refractivity contribution in [3.05, 3.63) is 39.8 Å². The molecule has 0 amide bonds. The van der Waals surface area contributed by atoms with Crippen LogP contribution in [-0.2, 0) is 12.7 Å². The molecule has 1 unspecified atom stereocenters. The molecule has 30 heavy (non-hydrogen) atoms. The Bertz CT molecular complexity index is 855. The zero-order valence-corrected chi connectivity index (χ0v) is 18.3. The average Bonchev–Trinajstić information content (AvgIpc) is 3.19. The number of hydrogen-bond donors (Lipinski definition) is 2. The summed E-state index contributed by atoms with van der Waals surface area (Å²) in [6.07, 6.45) is -4.44. The normalized spacial score (nSPS) is 13.3. The van der Waals surface area contributed by atoms with Crippen LogP contribution < -0.4 is 20.1 Å². The lowest BCUT2D eigenvalue weighted by Gasteiger charge is -2.26. The number of guanidine groups is 1. The standard InChI is InChI=1S/C19H26F3N5O2S/c1-23-18(25-10-17-26-16(11-30-17)19(20,21)22)24-9-13(27(2)3)12-6-7-14(28-4)15(8-12)29-5/h6-8,11,13H,9-10H2,1-5H3,(H2,23,24,25). The Morgan fingerprint density at radius 3 is 2.43 bits per heavy atom. The molecule has 1 heterocycles. The Balaban J connectivity index is 2.01. The molecule has 2 rings (SSSR count). The highest BCUT2D eigenvalue weighted by molar-refractivity contribution is 7.09. The summed E-state index contributed by atoms with van der Waals surface area (Å²) >= 11 is 0.952. The molecule has 0 radical (unpaired) electrons. The van der Waals surface area contributed by atoms with Gasteiger partial charge >= 0.3 is 6.18 Å². The van der Waals surface area contributed by atoms with Gasteiger partial charge in [-0.15, -0.1) is 11.3 Å². The van der Waals surface area contributed by atoms with Crippen molar-refractivity contribution in [2.24, 2.45) is 4.99 Å². The van der Waals surface area contributed by atoms with Gasteiger partial charge in [-0.3, -0.25) is 4.99 Å². The first kappa shape index (κ1) is 23.7. The molecule has 0 aliphatic heterocycles. The molecule has 11 heteroatoms. The van der Waals surface area contributed by atoms with Gasteiger partial charge in [0.25, 0.3) is 0 Å². The van der Waals surface area contributed by atoms with Crippen LogP contribution in [0.3, 0.4) is 0 Å². The van der Waals surface area contributed by atoms with E-state index in [0.717, 1.165) is 22.3 Å². The van der Waals surface area contributed by atoms with E-state index in [2.05, 4.69) is 20.6 Å². The van der Waals surface area contributed by atoms with Gasteiger partial charge in [-0.05, 0) is 31.8 Å². The summed E-state index contributed by atoms with van der Waals surface area (Å²) in [5.74, 6) is 1.74. The van der Waals surface area contributed by atoms with Crippen LogP contribution >= 0.6 is 11.3 Å². The topological polar surface area (TPSA) is 71.0 Å². The monoisotopic (exact) mass is 445 g/mol. The largest absolute Gasteiger partial charge is 0.493 e. The Labute approximate surface area is 177 Å². The molecule has 1 atom stereocenters. The SMILES string of the molecule is CN=C(NCc1nc(C(F)(F)F)cs1)NCC(c1ccc(OC)c(OC)c1)N(C)C. The van der Waals surface area contributed by atoms with Crippen LogP contribution in [0.25, 0.3) is 0 Å². The lowest BCUT2D eigenvalue weighted by Crippen LogP contribution is -2.41. The van der Waals surface area contributed by atoms with Crippen molar-refractivity contribution in [3.8, 4) is 11.5 Å². The molecule has 2 aromatic rings. The van der Waals surface area contributed by atoms with Gasteiger partial charge in [-0.25, -0.2) is 4.98 Å². The number of nitrogens with zero attached hydrogens (tertiary/aromatic N) is 3. The van der Waals surface area contributed by atoms with Gasteiger partial charge in [0.15, 0.2) is 23.2 Å². The van der Waals surface area contributed by atoms with E-state index < -0.39 is 11.9 Å². The number of aliphatic imine (C=N–C) groups is 1. The van der Waals surface area contributed by atoms with Crippen molar-refractivity contribution < 1.29 is 22.6 Å². The lowest BCUT2D eigenvalue weighted by molar-refractivity contribution is -0.140. The first-order chi connectivity index (χ1) is 14.2. The number of rotatable bonds is 8. The number of ether oxygens (including phenoxy) is 2. The molecule has 0 bridgehead atoms. The third kappa shape index (κ3) is 6.23. The van der Waals surface area contributed by atoms with Crippen molar-refractivity contribution in [3.63, 3.8) is 0 Å². The Hall–Kier alpha value is -2.53. The van der Waals surface area contributed by atoms with Gasteiger partial charge in [0.2, 0.25) is 0 Å². The van der Waals surface area contributed by atoms with Gasteiger partial charge in [0.05, 0.1) is 26.8 Å². The van der Waals surface area contributed by atoms with Crippen LogP contribution in [0.15, 0.2) is 28.6 Å². The van der Waals surface area contributed by atoms with E-state index in [1.54, 1.807) is 21.3 Å². The quantitative estimate of drug-likeness (QED) is 0.481. The second kappa shape index (κ2) is 10.5. The third-order valence-electron chi connectivity index (χ3n) is 4.35. The summed E-state index contributed by atoms with van der Waals surface area (Å²) in [6, 6.07) is 5.70. The Kier molecular flexibility index (Phi) is 8.30. The van der Waals surface area contributed by atoms with E-state index in [0.29, 0.717) is 29.0 Å². The van der Waals surface area contributed by atoms with E-state index in [-0.39, 0.29) is 12.6 Å². The Morgan fingerprint density at radius 1 is 1.20 bits per heavy atom. The summed E-state index contributed by atoms with van der Waals surface area (Å²) in [4.78, 5) is 9.78. The maximum Gasteiger partial charge on any atom is 0.434 e. The number of nitrogens with one attached hydrogen (secondary N) is 2. The van der Waals surface area contributed by atoms with Gasteiger partial charge < -0.3 is 25.0 Å². The van der Waals surface area contributed by atoms with E-state index in [9.17, 15) is 13.2 Å². The fourth-order valence-electron chi connectivity index (χ4n) is 2.75. The fourth-order valence-corrected chi connectivity index (χ4v) is 3.49. The zero-order valence-electron chi connectivity index (χ0n) is 17.5. The molecule has 0 saturated heterocycles. The van der Waals surface area contributed by atoms with Crippen LogP contribution in [0.4, 0.5) is 13.2 Å². The first-order valence-corrected chi connectivity index (χ1v) is 9.92. The summed E-state index contributed by atoms with van der Waals surface area (Å²) in [5.41, 5.74) is 0.128. The van der Waals surface area contributed by atoms with E-state index in [4.69, 9.17) is 9.47 Å². The minimum Gasteiger partial charge on any atom is -0.493 e. The summed E-state index contributed by atoms with van der Waals surface area (Å²) in [7, 11) is 8.66. The molecular weight excluding hydrogens is 419 g/mol. The van der Waals surface area contributed by atoms with Crippen molar-refractivity contribution in [1.82, 2.24) is 20.5 Å². The van der Waals surface area contributed by atoms with E-state index in [1.165, 1.54) is 0 Å². The van der Waals surface area contributed by atoms with Crippen LogP contribution in [0, 0.1) is 0 Å². The molecule has 0 fully saturated rings. The second-order valence-corrected chi connectivity index (χ2v) is 7.47. The molecule has 0 aliphatic carbocycles. The number of methoxy groups -OCH3 is 2. The molecule has 166 valence electrons. The van der Waals surface area contributed by atoms with Crippen LogP contribution in [0.1, 0.15) is 22.3 Å². The first-order valence-electron chi connectivity index (χ1n) is 9.04. The molecular formula is C19H26F3N5O2S. The van der Waals surface area contributed by atoms with Crippen molar-refractivity contribution in [1.29, 1.82) is 0 Å². The second-order valence-electron chi connectivity index (χ2n) is 6.52. The highest BCUT2D eigenvalue weighted by Crippen LogP contribution is 2.31. The molecule has 1 aromatic heterocycles. The lowest BCUT2D eigenvalue weighted by atomic mass is 10.1. The number of halogens is 3. The molecule has 2 N–H and O–H groups in total. The predicted octanol–water partition coefficient (Wildman–Crippen LogP) is 3.15. The smallest absolute Gasteiger partial charge is 0.434 e. The predicted molar refractivity (Wildman–Crippen MR) is 111 cm³/mol. The summed E-state index contributed by atoms with van der Waals surface area (Å²) in [5, 5.41) is 7.53. The minimum absolute atomic E-state index is 0.0138. The molecule has 7 nitrogen and oxygen atoms in total. The van der Waals surface area contributed by atoms with E-state index in [1.807, 2.05) is 37.2 Å². The number of alkyl halides is 3. The maximum absolute atomic E-state index is 12.7. The fraction of sp³-hybridized carbons (Fsp3) is 0.474. The van der Waals surface area contributed by atoms with Gasteiger partial charge in [0.1, 0.15) is 5.01 Å². The highest BCUT2D eigenvalue weighted by atomic mass is 32.1. The Morgan fingerprint density at radius 2 is 1.90 bits per heavy atom. The summed E-state index contributed by atoms with van der Waals surface area (Å²) < 4.78 is 48.7. The summed E-state index contributed by atoms with van der Waals surface area (Å²) in [6.45, 7) is 0.650. The van der Waals surface area contributed by atoms with Crippen LogP contribution in [-0.4, -0.2) is 57.8 Å². The molecule has 0 saturated carbocycles. The van der Waals surface area contributed by atoms with Gasteiger partial charge in [-0.2, -0.15) is 13.2 Å². The molecule has 1 aromatic carbocycles. The van der Waals surface area contributed by atoms with E-state index >= 15 is 0 Å². The zero-order chi connectivity index (χ0) is 22.3. The molecule has 0 spiro atoms. The van der Waals surface area contributed by atoms with Crippen LogP contribution in [0.2, 0.25) is 0 Å². The number of aromatic nitrogens is 1. The molecule has 0 aliphatic rings. The van der Waals surface area contributed by atoms with Crippen LogP contribution in [0.5, 0.6) is 11.5 Å².